The van der Waals surface area contributed by atoms with Crippen LogP contribution in [-0.2, 0) is 13.0 Å². The average Bonchev–Trinajstić information content (AvgIpc) is 3.32. The van der Waals surface area contributed by atoms with Crippen LogP contribution >= 0.6 is 0 Å². The fraction of sp³-hybridized carbons (Fsp3) is 0.389. The number of nitrogens with one attached hydrogen (secondary N) is 1. The van der Waals surface area contributed by atoms with Crippen molar-refractivity contribution in [3.8, 4) is 0 Å². The Hall–Kier alpha value is -2.47. The molecule has 1 saturated heterocycles. The number of rotatable bonds is 5. The highest BCUT2D eigenvalue weighted by atomic mass is 16.4. The van der Waals surface area contributed by atoms with Gasteiger partial charge in [0.2, 0.25) is 11.8 Å². The summed E-state index contributed by atoms with van der Waals surface area (Å²) < 4.78 is 5.88. The quantitative estimate of drug-likeness (QED) is 0.781. The Kier molecular flexibility index (Phi) is 4.13. The maximum absolute atomic E-state index is 5.88. The average molecular weight is 323 g/mol. The number of H-pyrrole nitrogens is 1. The monoisotopic (exact) mass is 323 g/mol. The van der Waals surface area contributed by atoms with Gasteiger partial charge in [-0.2, -0.15) is 5.10 Å². The summed E-state index contributed by atoms with van der Waals surface area (Å²) in [5, 5.41) is 15.6. The van der Waals surface area contributed by atoms with Crippen molar-refractivity contribution in [2.75, 3.05) is 6.54 Å². The van der Waals surface area contributed by atoms with E-state index in [2.05, 4.69) is 44.4 Å². The van der Waals surface area contributed by atoms with Crippen molar-refractivity contribution in [2.45, 2.75) is 38.8 Å². The third kappa shape index (κ3) is 3.10. The van der Waals surface area contributed by atoms with Gasteiger partial charge in [-0.05, 0) is 43.5 Å². The molecular weight excluding hydrogens is 302 g/mol. The van der Waals surface area contributed by atoms with Gasteiger partial charge in [-0.25, -0.2) is 0 Å². The maximum atomic E-state index is 5.88. The number of likely N-dealkylation sites (tertiary alicyclic amines) is 1. The largest absolute Gasteiger partial charge is 0.424 e. The fourth-order valence-electron chi connectivity index (χ4n) is 3.39. The zero-order chi connectivity index (χ0) is 16.4. The summed E-state index contributed by atoms with van der Waals surface area (Å²) in [7, 11) is 0. The molecule has 124 valence electrons. The van der Waals surface area contributed by atoms with Gasteiger partial charge in [-0.3, -0.25) is 10.00 Å². The fourth-order valence-corrected chi connectivity index (χ4v) is 3.39. The van der Waals surface area contributed by atoms with E-state index < -0.39 is 0 Å². The van der Waals surface area contributed by atoms with Crippen LogP contribution in [0.3, 0.4) is 0 Å². The predicted octanol–water partition coefficient (Wildman–Crippen LogP) is 3.03. The SMILES string of the molecule is Cc1ccccc1Cc1nnc(CN2CCCC2c2ccn[nH]2)o1. The Morgan fingerprint density at radius 3 is 2.92 bits per heavy atom. The van der Waals surface area contributed by atoms with Crippen LogP contribution in [0.1, 0.15) is 47.5 Å². The van der Waals surface area contributed by atoms with E-state index >= 15 is 0 Å². The lowest BCUT2D eigenvalue weighted by Gasteiger charge is -2.21. The summed E-state index contributed by atoms with van der Waals surface area (Å²) in [6.45, 7) is 3.83. The third-order valence-corrected chi connectivity index (χ3v) is 4.69. The van der Waals surface area contributed by atoms with Gasteiger partial charge >= 0.3 is 0 Å². The van der Waals surface area contributed by atoms with Gasteiger partial charge in [0.05, 0.1) is 24.7 Å². The molecule has 1 N–H and O–H groups in total. The Balaban J connectivity index is 1.44. The molecule has 1 atom stereocenters. The molecule has 0 radical (unpaired) electrons. The lowest BCUT2D eigenvalue weighted by atomic mass is 10.1. The molecule has 3 heterocycles. The van der Waals surface area contributed by atoms with Crippen molar-refractivity contribution in [3.05, 3.63) is 65.1 Å². The van der Waals surface area contributed by atoms with Crippen LogP contribution in [0.5, 0.6) is 0 Å². The van der Waals surface area contributed by atoms with Crippen molar-refractivity contribution in [2.24, 2.45) is 0 Å². The first-order valence-electron chi connectivity index (χ1n) is 8.38. The van der Waals surface area contributed by atoms with Gasteiger partial charge in [0.25, 0.3) is 0 Å². The number of aromatic amines is 1. The topological polar surface area (TPSA) is 70.8 Å². The number of aryl methyl sites for hydroxylation is 1. The molecule has 6 nitrogen and oxygen atoms in total. The number of aromatic nitrogens is 4. The first-order valence-corrected chi connectivity index (χ1v) is 8.38. The molecular formula is C18H21N5O. The third-order valence-electron chi connectivity index (χ3n) is 4.69. The molecule has 0 aliphatic carbocycles. The van der Waals surface area contributed by atoms with Crippen LogP contribution in [-0.4, -0.2) is 31.8 Å². The Morgan fingerprint density at radius 1 is 1.21 bits per heavy atom. The van der Waals surface area contributed by atoms with E-state index in [1.165, 1.54) is 17.5 Å². The lowest BCUT2D eigenvalue weighted by Crippen LogP contribution is -2.23. The molecule has 1 aliphatic heterocycles. The molecule has 2 aromatic heterocycles. The predicted molar refractivity (Wildman–Crippen MR) is 89.3 cm³/mol. The Morgan fingerprint density at radius 2 is 2.08 bits per heavy atom. The minimum Gasteiger partial charge on any atom is -0.424 e. The molecule has 1 aliphatic rings. The molecule has 0 amide bonds. The zero-order valence-corrected chi connectivity index (χ0v) is 13.8. The number of nitrogens with zero attached hydrogens (tertiary/aromatic N) is 4. The highest BCUT2D eigenvalue weighted by Gasteiger charge is 2.28. The van der Waals surface area contributed by atoms with Crippen molar-refractivity contribution in [1.82, 2.24) is 25.3 Å². The first kappa shape index (κ1) is 15.1. The van der Waals surface area contributed by atoms with Crippen molar-refractivity contribution >= 4 is 0 Å². The highest BCUT2D eigenvalue weighted by Crippen LogP contribution is 2.31. The minimum absolute atomic E-state index is 0.360. The second-order valence-electron chi connectivity index (χ2n) is 6.33. The molecule has 6 heteroatoms. The second kappa shape index (κ2) is 6.57. The molecule has 0 spiro atoms. The van der Waals surface area contributed by atoms with Gasteiger partial charge in [-0.1, -0.05) is 24.3 Å². The van der Waals surface area contributed by atoms with Gasteiger partial charge in [0.15, 0.2) is 0 Å². The molecule has 0 bridgehead atoms. The first-order chi connectivity index (χ1) is 11.8. The van der Waals surface area contributed by atoms with E-state index in [0.717, 1.165) is 18.7 Å². The summed E-state index contributed by atoms with van der Waals surface area (Å²) in [5.74, 6) is 1.36. The number of hydrogen-bond donors (Lipinski definition) is 1. The standard InChI is InChI=1S/C18H21N5O/c1-13-5-2-3-6-14(13)11-17-21-22-18(24-17)12-23-10-4-7-16(23)15-8-9-19-20-15/h2-3,5-6,8-9,16H,4,7,10-12H2,1H3,(H,19,20). The second-order valence-corrected chi connectivity index (χ2v) is 6.33. The van der Waals surface area contributed by atoms with E-state index in [1.54, 1.807) is 6.20 Å². The summed E-state index contributed by atoms with van der Waals surface area (Å²) in [5.41, 5.74) is 3.63. The lowest BCUT2D eigenvalue weighted by molar-refractivity contribution is 0.218. The van der Waals surface area contributed by atoms with E-state index in [4.69, 9.17) is 4.42 Å². The van der Waals surface area contributed by atoms with Crippen LogP contribution in [0.4, 0.5) is 0 Å². The molecule has 1 fully saturated rings. The summed E-state index contributed by atoms with van der Waals surface area (Å²) >= 11 is 0. The molecule has 1 unspecified atom stereocenters. The number of hydrogen-bond acceptors (Lipinski definition) is 5. The van der Waals surface area contributed by atoms with Crippen molar-refractivity contribution in [1.29, 1.82) is 0 Å². The normalized spacial score (nSPS) is 18.3. The summed E-state index contributed by atoms with van der Waals surface area (Å²) in [6, 6.07) is 10.7. The molecule has 24 heavy (non-hydrogen) atoms. The van der Waals surface area contributed by atoms with Crippen molar-refractivity contribution in [3.63, 3.8) is 0 Å². The van der Waals surface area contributed by atoms with Gasteiger partial charge in [-0.15, -0.1) is 10.2 Å². The van der Waals surface area contributed by atoms with Crippen LogP contribution in [0.2, 0.25) is 0 Å². The van der Waals surface area contributed by atoms with E-state index in [-0.39, 0.29) is 0 Å². The van der Waals surface area contributed by atoms with E-state index in [9.17, 15) is 0 Å². The molecule has 0 saturated carbocycles. The Bertz CT molecular complexity index is 795. The van der Waals surface area contributed by atoms with Crippen LogP contribution in [0.25, 0.3) is 0 Å². The van der Waals surface area contributed by atoms with Crippen LogP contribution < -0.4 is 0 Å². The van der Waals surface area contributed by atoms with E-state index in [1.807, 2.05) is 18.2 Å². The van der Waals surface area contributed by atoms with Crippen LogP contribution in [0, 0.1) is 6.92 Å². The van der Waals surface area contributed by atoms with Gasteiger partial charge in [0.1, 0.15) is 0 Å². The maximum Gasteiger partial charge on any atom is 0.230 e. The molecule has 1 aromatic carbocycles. The zero-order valence-electron chi connectivity index (χ0n) is 13.8. The smallest absolute Gasteiger partial charge is 0.230 e. The van der Waals surface area contributed by atoms with Crippen molar-refractivity contribution < 1.29 is 4.42 Å². The minimum atomic E-state index is 0.360. The van der Waals surface area contributed by atoms with Crippen LogP contribution in [0.15, 0.2) is 40.9 Å². The highest BCUT2D eigenvalue weighted by molar-refractivity contribution is 5.27. The summed E-state index contributed by atoms with van der Waals surface area (Å²) in [4.78, 5) is 2.37. The van der Waals surface area contributed by atoms with Gasteiger partial charge < -0.3 is 4.42 Å². The van der Waals surface area contributed by atoms with Gasteiger partial charge in [0, 0.05) is 6.20 Å². The molecule has 3 aromatic rings. The Labute approximate surface area is 140 Å². The van der Waals surface area contributed by atoms with E-state index in [0.29, 0.717) is 30.8 Å². The summed E-state index contributed by atoms with van der Waals surface area (Å²) in [6.07, 6.45) is 4.79. The number of benzene rings is 1. The molecule has 4 rings (SSSR count).